The molecule has 1 aliphatic heterocycles. The minimum atomic E-state index is 0.529. The molecule has 0 aromatic heterocycles. The van der Waals surface area contributed by atoms with Crippen LogP contribution >= 0.6 is 0 Å². The molecule has 0 N–H and O–H groups in total. The van der Waals surface area contributed by atoms with Gasteiger partial charge in [0.2, 0.25) is 0 Å². The Morgan fingerprint density at radius 1 is 1.27 bits per heavy atom. The fraction of sp³-hybridized carbons (Fsp3) is 0.692. The standard InChI is InChI=1S/C13H18N2/c1-2-6-11-10(4-1)5-3-7-13-12(11)8-9-14-15-13/h1-2,4,11-13H,3,5-9H2. The lowest BCUT2D eigenvalue weighted by molar-refractivity contribution is 0.273. The van der Waals surface area contributed by atoms with Gasteiger partial charge in [0, 0.05) is 0 Å². The minimum Gasteiger partial charge on any atom is -0.194 e. The first-order chi connectivity index (χ1) is 7.45. The highest BCUT2D eigenvalue weighted by atomic mass is 15.1. The summed E-state index contributed by atoms with van der Waals surface area (Å²) < 4.78 is 0. The third kappa shape index (κ3) is 1.66. The van der Waals surface area contributed by atoms with Crippen LogP contribution in [-0.2, 0) is 0 Å². The molecular weight excluding hydrogens is 184 g/mol. The molecule has 3 aliphatic rings. The van der Waals surface area contributed by atoms with E-state index >= 15 is 0 Å². The summed E-state index contributed by atoms with van der Waals surface area (Å²) in [5.74, 6) is 1.56. The van der Waals surface area contributed by atoms with Gasteiger partial charge in [-0.15, -0.1) is 0 Å². The highest BCUT2D eigenvalue weighted by Crippen LogP contribution is 2.41. The second-order valence-corrected chi connectivity index (χ2v) is 4.90. The quantitative estimate of drug-likeness (QED) is 0.574. The van der Waals surface area contributed by atoms with Gasteiger partial charge in [-0.2, -0.15) is 10.2 Å². The second kappa shape index (κ2) is 3.92. The van der Waals surface area contributed by atoms with E-state index in [0.29, 0.717) is 6.04 Å². The van der Waals surface area contributed by atoms with E-state index in [4.69, 9.17) is 0 Å². The van der Waals surface area contributed by atoms with E-state index in [0.717, 1.165) is 18.4 Å². The summed E-state index contributed by atoms with van der Waals surface area (Å²) in [5.41, 5.74) is 1.68. The van der Waals surface area contributed by atoms with Crippen molar-refractivity contribution in [3.8, 4) is 0 Å². The summed E-state index contributed by atoms with van der Waals surface area (Å²) in [5, 5.41) is 8.70. The van der Waals surface area contributed by atoms with Gasteiger partial charge in [0.05, 0.1) is 12.6 Å². The zero-order valence-electron chi connectivity index (χ0n) is 9.10. The predicted molar refractivity (Wildman–Crippen MR) is 60.8 cm³/mol. The Bertz CT molecular complexity index is 327. The van der Waals surface area contributed by atoms with E-state index in [2.05, 4.69) is 28.5 Å². The monoisotopic (exact) mass is 202 g/mol. The van der Waals surface area contributed by atoms with Crippen LogP contribution in [-0.4, -0.2) is 12.6 Å². The van der Waals surface area contributed by atoms with Crippen molar-refractivity contribution in [2.45, 2.75) is 38.1 Å². The van der Waals surface area contributed by atoms with Gasteiger partial charge in [0.15, 0.2) is 0 Å². The van der Waals surface area contributed by atoms with Gasteiger partial charge in [0.1, 0.15) is 0 Å². The molecule has 2 heteroatoms. The molecule has 0 spiro atoms. The van der Waals surface area contributed by atoms with Crippen molar-refractivity contribution in [3.05, 3.63) is 23.8 Å². The van der Waals surface area contributed by atoms with Crippen LogP contribution in [0.2, 0.25) is 0 Å². The van der Waals surface area contributed by atoms with Gasteiger partial charge in [-0.3, -0.25) is 0 Å². The van der Waals surface area contributed by atoms with Crippen LogP contribution in [0.5, 0.6) is 0 Å². The fourth-order valence-corrected chi connectivity index (χ4v) is 3.31. The van der Waals surface area contributed by atoms with Crippen LogP contribution in [0.1, 0.15) is 32.1 Å². The summed E-state index contributed by atoms with van der Waals surface area (Å²) >= 11 is 0. The first kappa shape index (κ1) is 9.32. The number of azo groups is 1. The molecule has 1 heterocycles. The number of hydrogen-bond donors (Lipinski definition) is 0. The first-order valence-corrected chi connectivity index (χ1v) is 6.17. The van der Waals surface area contributed by atoms with Crippen LogP contribution in [0.4, 0.5) is 0 Å². The molecule has 2 aliphatic carbocycles. The van der Waals surface area contributed by atoms with Gasteiger partial charge < -0.3 is 0 Å². The molecule has 3 rings (SSSR count). The van der Waals surface area contributed by atoms with E-state index in [-0.39, 0.29) is 0 Å². The van der Waals surface area contributed by atoms with Crippen molar-refractivity contribution >= 4 is 0 Å². The molecule has 0 aromatic rings. The highest BCUT2D eigenvalue weighted by Gasteiger charge is 2.35. The van der Waals surface area contributed by atoms with Crippen molar-refractivity contribution in [1.82, 2.24) is 0 Å². The Balaban J connectivity index is 1.90. The summed E-state index contributed by atoms with van der Waals surface area (Å²) in [7, 11) is 0. The van der Waals surface area contributed by atoms with E-state index in [1.807, 2.05) is 0 Å². The van der Waals surface area contributed by atoms with Crippen molar-refractivity contribution in [3.63, 3.8) is 0 Å². The molecule has 3 atom stereocenters. The SMILES string of the molecule is C1=CCC2C(=C1)CCCC1N=NCCC12. The number of rotatable bonds is 0. The highest BCUT2D eigenvalue weighted by molar-refractivity contribution is 5.23. The fourth-order valence-electron chi connectivity index (χ4n) is 3.31. The maximum Gasteiger partial charge on any atom is 0.0743 e. The Morgan fingerprint density at radius 3 is 3.27 bits per heavy atom. The Hall–Kier alpha value is -0.920. The summed E-state index contributed by atoms with van der Waals surface area (Å²) in [6, 6.07) is 0.529. The molecular formula is C13H18N2. The second-order valence-electron chi connectivity index (χ2n) is 4.90. The Labute approximate surface area is 91.2 Å². The molecule has 3 unspecified atom stereocenters. The normalized spacial score (nSPS) is 38.9. The molecule has 0 radical (unpaired) electrons. The molecule has 1 saturated carbocycles. The number of nitrogens with zero attached hydrogens (tertiary/aromatic N) is 2. The number of allylic oxidation sites excluding steroid dienone is 4. The lowest BCUT2D eigenvalue weighted by atomic mass is 9.76. The topological polar surface area (TPSA) is 24.7 Å². The molecule has 1 fully saturated rings. The molecule has 2 nitrogen and oxygen atoms in total. The third-order valence-electron chi connectivity index (χ3n) is 4.08. The van der Waals surface area contributed by atoms with Gasteiger partial charge in [-0.1, -0.05) is 23.8 Å². The largest absolute Gasteiger partial charge is 0.194 e. The van der Waals surface area contributed by atoms with Crippen LogP contribution in [0.3, 0.4) is 0 Å². The Kier molecular flexibility index (Phi) is 2.43. The van der Waals surface area contributed by atoms with Crippen LogP contribution < -0.4 is 0 Å². The van der Waals surface area contributed by atoms with E-state index in [1.54, 1.807) is 5.57 Å². The number of fused-ring (bicyclic) bond motifs is 3. The molecule has 15 heavy (non-hydrogen) atoms. The smallest absolute Gasteiger partial charge is 0.0743 e. The van der Waals surface area contributed by atoms with E-state index < -0.39 is 0 Å². The first-order valence-electron chi connectivity index (χ1n) is 6.17. The lowest BCUT2D eigenvalue weighted by Gasteiger charge is -2.32. The summed E-state index contributed by atoms with van der Waals surface area (Å²) in [4.78, 5) is 0. The molecule has 0 bridgehead atoms. The molecule has 0 saturated heterocycles. The third-order valence-corrected chi connectivity index (χ3v) is 4.08. The van der Waals surface area contributed by atoms with Crippen molar-refractivity contribution in [2.75, 3.05) is 6.54 Å². The van der Waals surface area contributed by atoms with E-state index in [9.17, 15) is 0 Å². The summed E-state index contributed by atoms with van der Waals surface area (Å²) in [6.07, 6.45) is 13.2. The lowest BCUT2D eigenvalue weighted by Crippen LogP contribution is -2.29. The van der Waals surface area contributed by atoms with E-state index in [1.165, 1.54) is 32.1 Å². The molecule has 0 amide bonds. The maximum absolute atomic E-state index is 4.48. The van der Waals surface area contributed by atoms with Crippen molar-refractivity contribution < 1.29 is 0 Å². The average Bonchev–Trinajstić information content (AvgIpc) is 2.48. The van der Waals surface area contributed by atoms with Crippen LogP contribution in [0.25, 0.3) is 0 Å². The van der Waals surface area contributed by atoms with Gasteiger partial charge in [-0.25, -0.2) is 0 Å². The van der Waals surface area contributed by atoms with Gasteiger partial charge >= 0.3 is 0 Å². The average molecular weight is 202 g/mol. The number of hydrogen-bond acceptors (Lipinski definition) is 2. The Morgan fingerprint density at radius 2 is 2.27 bits per heavy atom. The molecule has 0 aromatic carbocycles. The van der Waals surface area contributed by atoms with Crippen molar-refractivity contribution in [2.24, 2.45) is 22.1 Å². The predicted octanol–water partition coefficient (Wildman–Crippen LogP) is 3.51. The van der Waals surface area contributed by atoms with Gasteiger partial charge in [0.25, 0.3) is 0 Å². The zero-order valence-corrected chi connectivity index (χ0v) is 9.10. The zero-order chi connectivity index (χ0) is 10.1. The molecule has 80 valence electrons. The summed E-state index contributed by atoms with van der Waals surface area (Å²) in [6.45, 7) is 0.953. The maximum atomic E-state index is 4.48. The minimum absolute atomic E-state index is 0.529. The van der Waals surface area contributed by atoms with Crippen LogP contribution in [0, 0.1) is 11.8 Å². The van der Waals surface area contributed by atoms with Gasteiger partial charge in [-0.05, 0) is 43.9 Å². The van der Waals surface area contributed by atoms with Crippen LogP contribution in [0.15, 0.2) is 34.0 Å². The van der Waals surface area contributed by atoms with Crippen molar-refractivity contribution in [1.29, 1.82) is 0 Å².